The molecule has 2 aromatic rings. The van der Waals surface area contributed by atoms with Crippen LogP contribution in [0.3, 0.4) is 0 Å². The van der Waals surface area contributed by atoms with Crippen LogP contribution in [0.4, 0.5) is 0 Å². The van der Waals surface area contributed by atoms with Crippen LogP contribution in [0.1, 0.15) is 15.9 Å². The summed E-state index contributed by atoms with van der Waals surface area (Å²) in [6.07, 6.45) is 0.292. The molecule has 1 unspecified atom stereocenters. The number of rotatable bonds is 4. The van der Waals surface area contributed by atoms with E-state index in [1.165, 1.54) is 32.4 Å². The SMILES string of the molecule is COc1cc(O)c2c(c1OC)OCC(Cc1ccc(O)c(O)c1)C2=O. The van der Waals surface area contributed by atoms with Crippen molar-refractivity contribution in [2.24, 2.45) is 5.92 Å². The third kappa shape index (κ3) is 2.88. The molecular weight excluding hydrogens is 328 g/mol. The molecule has 7 heteroatoms. The Labute approximate surface area is 144 Å². The fraction of sp³-hybridized carbons (Fsp3) is 0.278. The molecule has 132 valence electrons. The quantitative estimate of drug-likeness (QED) is 0.729. The lowest BCUT2D eigenvalue weighted by molar-refractivity contribution is 0.0820. The smallest absolute Gasteiger partial charge is 0.204 e. The molecule has 25 heavy (non-hydrogen) atoms. The zero-order valence-corrected chi connectivity index (χ0v) is 13.8. The van der Waals surface area contributed by atoms with Crippen molar-refractivity contribution in [1.29, 1.82) is 0 Å². The Morgan fingerprint density at radius 1 is 1.08 bits per heavy atom. The van der Waals surface area contributed by atoms with E-state index < -0.39 is 5.92 Å². The van der Waals surface area contributed by atoms with E-state index in [1.807, 2.05) is 0 Å². The topological polar surface area (TPSA) is 105 Å². The maximum Gasteiger partial charge on any atom is 0.204 e. The van der Waals surface area contributed by atoms with Crippen LogP contribution >= 0.6 is 0 Å². The lowest BCUT2D eigenvalue weighted by Crippen LogP contribution is -2.30. The van der Waals surface area contributed by atoms with E-state index in [9.17, 15) is 20.1 Å². The van der Waals surface area contributed by atoms with Crippen LogP contribution in [0.5, 0.6) is 34.5 Å². The van der Waals surface area contributed by atoms with Crippen molar-refractivity contribution < 1.29 is 34.3 Å². The summed E-state index contributed by atoms with van der Waals surface area (Å²) in [7, 11) is 2.85. The largest absolute Gasteiger partial charge is 0.507 e. The number of phenolic OH excluding ortho intramolecular Hbond substituents is 3. The van der Waals surface area contributed by atoms with Gasteiger partial charge in [-0.15, -0.1) is 0 Å². The van der Waals surface area contributed by atoms with E-state index >= 15 is 0 Å². The maximum atomic E-state index is 12.8. The predicted molar refractivity (Wildman–Crippen MR) is 88.0 cm³/mol. The summed E-state index contributed by atoms with van der Waals surface area (Å²) in [6.45, 7) is 0.0937. The number of carbonyl (C=O) groups is 1. The number of carbonyl (C=O) groups excluding carboxylic acids is 1. The van der Waals surface area contributed by atoms with Crippen molar-refractivity contribution >= 4 is 5.78 Å². The van der Waals surface area contributed by atoms with Gasteiger partial charge in [0, 0.05) is 6.07 Å². The molecule has 0 amide bonds. The first-order valence-electron chi connectivity index (χ1n) is 7.62. The number of ketones is 1. The fourth-order valence-corrected chi connectivity index (χ4v) is 2.92. The Morgan fingerprint density at radius 3 is 2.48 bits per heavy atom. The summed E-state index contributed by atoms with van der Waals surface area (Å²) >= 11 is 0. The molecule has 0 aromatic heterocycles. The Hall–Kier alpha value is -3.09. The number of hydrogen-bond donors (Lipinski definition) is 3. The average molecular weight is 346 g/mol. The molecule has 0 bridgehead atoms. The van der Waals surface area contributed by atoms with Crippen LogP contribution in [0, 0.1) is 5.92 Å². The fourth-order valence-electron chi connectivity index (χ4n) is 2.92. The minimum Gasteiger partial charge on any atom is -0.507 e. The van der Waals surface area contributed by atoms with Gasteiger partial charge in [0.2, 0.25) is 5.75 Å². The van der Waals surface area contributed by atoms with E-state index in [1.54, 1.807) is 6.07 Å². The van der Waals surface area contributed by atoms with Gasteiger partial charge in [-0.1, -0.05) is 6.07 Å². The van der Waals surface area contributed by atoms with Gasteiger partial charge in [-0.3, -0.25) is 4.79 Å². The van der Waals surface area contributed by atoms with Gasteiger partial charge in [0.15, 0.2) is 28.8 Å². The third-order valence-electron chi connectivity index (χ3n) is 4.17. The second-order valence-corrected chi connectivity index (χ2v) is 5.73. The number of phenols is 3. The highest BCUT2D eigenvalue weighted by Gasteiger charge is 2.35. The van der Waals surface area contributed by atoms with Crippen LogP contribution in [0.15, 0.2) is 24.3 Å². The minimum absolute atomic E-state index is 0.0527. The predicted octanol–water partition coefficient (Wildman–Crippen LogP) is 2.25. The van der Waals surface area contributed by atoms with E-state index in [4.69, 9.17) is 14.2 Å². The number of Topliss-reactive ketones (excluding diaryl/α,β-unsaturated/α-hetero) is 1. The van der Waals surface area contributed by atoms with Crippen molar-refractivity contribution in [3.8, 4) is 34.5 Å². The van der Waals surface area contributed by atoms with Crippen LogP contribution in [0.25, 0.3) is 0 Å². The lowest BCUT2D eigenvalue weighted by atomic mass is 9.88. The van der Waals surface area contributed by atoms with Crippen molar-refractivity contribution in [3.63, 3.8) is 0 Å². The molecule has 0 saturated carbocycles. The van der Waals surface area contributed by atoms with Gasteiger partial charge >= 0.3 is 0 Å². The molecule has 3 N–H and O–H groups in total. The molecule has 2 aromatic carbocycles. The summed E-state index contributed by atoms with van der Waals surface area (Å²) < 4.78 is 16.1. The molecule has 1 heterocycles. The van der Waals surface area contributed by atoms with Crippen molar-refractivity contribution in [1.82, 2.24) is 0 Å². The highest BCUT2D eigenvalue weighted by atomic mass is 16.5. The number of benzene rings is 2. The van der Waals surface area contributed by atoms with Gasteiger partial charge in [-0.2, -0.15) is 0 Å². The van der Waals surface area contributed by atoms with Gasteiger partial charge in [0.05, 0.1) is 26.7 Å². The van der Waals surface area contributed by atoms with E-state index in [-0.39, 0.29) is 52.5 Å². The standard InChI is InChI=1S/C18H18O7/c1-23-14-7-13(21)15-16(22)10(8-25-18(15)17(14)24-2)5-9-3-4-11(19)12(20)6-9/h3-4,6-7,10,19-21H,5,8H2,1-2H3. The Bertz CT molecular complexity index is 829. The lowest BCUT2D eigenvalue weighted by Gasteiger charge is -2.27. The van der Waals surface area contributed by atoms with Crippen LogP contribution in [0.2, 0.25) is 0 Å². The van der Waals surface area contributed by atoms with Crippen molar-refractivity contribution in [2.75, 3.05) is 20.8 Å². The normalized spacial score (nSPS) is 16.1. The van der Waals surface area contributed by atoms with Crippen molar-refractivity contribution in [2.45, 2.75) is 6.42 Å². The third-order valence-corrected chi connectivity index (χ3v) is 4.17. The number of aromatic hydroxyl groups is 3. The zero-order valence-electron chi connectivity index (χ0n) is 13.8. The summed E-state index contributed by atoms with van der Waals surface area (Å²) in [5.74, 6) is -0.860. The molecular formula is C18H18O7. The molecule has 7 nitrogen and oxygen atoms in total. The Kier molecular flexibility index (Phi) is 4.31. The highest BCUT2D eigenvalue weighted by Crippen LogP contribution is 2.47. The van der Waals surface area contributed by atoms with Gasteiger partial charge < -0.3 is 29.5 Å². The van der Waals surface area contributed by atoms with E-state index in [2.05, 4.69) is 0 Å². The minimum atomic E-state index is -0.541. The van der Waals surface area contributed by atoms with E-state index in [0.29, 0.717) is 12.0 Å². The van der Waals surface area contributed by atoms with Crippen LogP contribution < -0.4 is 14.2 Å². The summed E-state index contributed by atoms with van der Waals surface area (Å²) in [4.78, 5) is 12.8. The van der Waals surface area contributed by atoms with Gasteiger partial charge in [0.25, 0.3) is 0 Å². The Balaban J connectivity index is 1.94. The number of fused-ring (bicyclic) bond motifs is 1. The number of methoxy groups -OCH3 is 2. The molecule has 1 atom stereocenters. The molecule has 1 aliphatic heterocycles. The highest BCUT2D eigenvalue weighted by molar-refractivity contribution is 6.05. The summed E-state index contributed by atoms with van der Waals surface area (Å²) in [6, 6.07) is 5.69. The summed E-state index contributed by atoms with van der Waals surface area (Å²) in [5, 5.41) is 29.2. The molecule has 0 radical (unpaired) electrons. The van der Waals surface area contributed by atoms with Gasteiger partial charge in [0.1, 0.15) is 11.3 Å². The first kappa shape index (κ1) is 16.8. The summed E-state index contributed by atoms with van der Waals surface area (Å²) in [5.41, 5.74) is 0.720. The van der Waals surface area contributed by atoms with Crippen LogP contribution in [-0.4, -0.2) is 41.9 Å². The monoisotopic (exact) mass is 346 g/mol. The number of hydrogen-bond acceptors (Lipinski definition) is 7. The number of ether oxygens (including phenoxy) is 3. The zero-order chi connectivity index (χ0) is 18.1. The molecule has 0 aliphatic carbocycles. The van der Waals surface area contributed by atoms with Gasteiger partial charge in [-0.05, 0) is 24.1 Å². The van der Waals surface area contributed by atoms with E-state index in [0.717, 1.165) is 0 Å². The molecule has 0 saturated heterocycles. The first-order valence-corrected chi connectivity index (χ1v) is 7.62. The second-order valence-electron chi connectivity index (χ2n) is 5.73. The second kappa shape index (κ2) is 6.43. The van der Waals surface area contributed by atoms with Crippen molar-refractivity contribution in [3.05, 3.63) is 35.4 Å². The molecule has 1 aliphatic rings. The molecule has 3 rings (SSSR count). The molecule has 0 fully saturated rings. The average Bonchev–Trinajstić information content (AvgIpc) is 2.60. The first-order chi connectivity index (χ1) is 12.0. The van der Waals surface area contributed by atoms with Crippen LogP contribution in [-0.2, 0) is 6.42 Å². The Morgan fingerprint density at radius 2 is 1.84 bits per heavy atom. The maximum absolute atomic E-state index is 12.8. The van der Waals surface area contributed by atoms with Gasteiger partial charge in [-0.25, -0.2) is 0 Å². The molecule has 0 spiro atoms.